The van der Waals surface area contributed by atoms with E-state index in [1.807, 2.05) is 58.0 Å². The van der Waals surface area contributed by atoms with Crippen LogP contribution in [-0.4, -0.2) is 67.7 Å². The van der Waals surface area contributed by atoms with Gasteiger partial charge in [-0.05, 0) is 80.8 Å². The van der Waals surface area contributed by atoms with Crippen molar-refractivity contribution in [3.8, 4) is 0 Å². The number of amides is 4. The molecule has 1 saturated heterocycles. The summed E-state index contributed by atoms with van der Waals surface area (Å²) in [5, 5.41) is 10.2. The lowest BCUT2D eigenvalue weighted by molar-refractivity contribution is -0.143. The van der Waals surface area contributed by atoms with Crippen LogP contribution in [0.15, 0.2) is 43.5 Å². The zero-order chi connectivity index (χ0) is 36.4. The number of nitrogens with zero attached hydrogens (tertiary/aromatic N) is 1. The number of hydrazine groups is 1. The van der Waals surface area contributed by atoms with E-state index in [1.54, 1.807) is 13.0 Å². The molecule has 0 bridgehead atoms. The normalized spacial score (nSPS) is 18.6. The molecule has 0 aliphatic carbocycles. The number of carbonyl (C=O) groups is 4. The molecule has 0 saturated carbocycles. The summed E-state index contributed by atoms with van der Waals surface area (Å²) in [6, 6.07) is 5.23. The molecule has 48 heavy (non-hydrogen) atoms. The van der Waals surface area contributed by atoms with Crippen LogP contribution < -0.4 is 21.4 Å². The van der Waals surface area contributed by atoms with Gasteiger partial charge in [0.15, 0.2) is 8.32 Å². The lowest BCUT2D eigenvalue weighted by atomic mass is 9.97. The summed E-state index contributed by atoms with van der Waals surface area (Å²) < 4.78 is 6.67. The monoisotopic (exact) mass is 683 g/mol. The summed E-state index contributed by atoms with van der Waals surface area (Å²) in [6.45, 7) is 27.9. The van der Waals surface area contributed by atoms with Crippen LogP contribution in [0.2, 0.25) is 18.1 Å². The van der Waals surface area contributed by atoms with E-state index in [0.717, 1.165) is 11.1 Å². The van der Waals surface area contributed by atoms with Crippen LogP contribution in [0.1, 0.15) is 98.2 Å². The Morgan fingerprint density at radius 2 is 1.71 bits per heavy atom. The van der Waals surface area contributed by atoms with Gasteiger partial charge in [0, 0.05) is 6.54 Å². The summed E-state index contributed by atoms with van der Waals surface area (Å²) in [7, 11) is -2.17. The van der Waals surface area contributed by atoms with Crippen molar-refractivity contribution in [2.24, 2.45) is 11.8 Å². The van der Waals surface area contributed by atoms with E-state index >= 15 is 0 Å². The Labute approximate surface area is 290 Å². The second-order valence-corrected chi connectivity index (χ2v) is 19.7. The van der Waals surface area contributed by atoms with Gasteiger partial charge in [-0.2, -0.15) is 0 Å². The number of carbonyl (C=O) groups excluding carboxylic acids is 4. The quantitative estimate of drug-likeness (QED) is 0.132. The van der Waals surface area contributed by atoms with Crippen molar-refractivity contribution in [1.29, 1.82) is 0 Å². The second kappa shape index (κ2) is 17.9. The van der Waals surface area contributed by atoms with Gasteiger partial charge in [-0.25, -0.2) is 5.43 Å². The fourth-order valence-electron chi connectivity index (χ4n) is 5.32. The molecule has 1 fully saturated rings. The van der Waals surface area contributed by atoms with E-state index < -0.39 is 38.3 Å². The maximum absolute atomic E-state index is 13.6. The predicted molar refractivity (Wildman–Crippen MR) is 196 cm³/mol. The largest absolute Gasteiger partial charge is 0.413 e. The molecule has 10 nitrogen and oxygen atoms in total. The molecule has 1 aliphatic rings. The Hall–Kier alpha value is -3.28. The minimum absolute atomic E-state index is 0.0257. The van der Waals surface area contributed by atoms with Gasteiger partial charge in [0.1, 0.15) is 18.1 Å². The molecule has 268 valence electrons. The second-order valence-electron chi connectivity index (χ2n) is 15.0. The third-order valence-electron chi connectivity index (χ3n) is 9.63. The van der Waals surface area contributed by atoms with E-state index in [1.165, 1.54) is 5.01 Å². The van der Waals surface area contributed by atoms with Gasteiger partial charge in [-0.3, -0.25) is 24.2 Å². The molecule has 1 heterocycles. The van der Waals surface area contributed by atoms with Crippen molar-refractivity contribution in [2.45, 2.75) is 129 Å². The van der Waals surface area contributed by atoms with Crippen LogP contribution in [0, 0.1) is 11.8 Å². The van der Waals surface area contributed by atoms with E-state index in [0.29, 0.717) is 32.2 Å². The molecule has 1 aromatic carbocycles. The molecule has 0 aromatic heterocycles. The molecule has 1 aromatic rings. The molecule has 4 amide bonds. The SMILES string of the molecule is C=CCC[C@@H](O[Si](C)(C)C(C)(C)C)[C@@H](C)C(=O)N[C@H](C(=O)N[C@@H](C)C(=O)N1CCC[C@@H](C(=O)N[C@H](C)c2cccc(C=C)c2)N1)C(C)C. The van der Waals surface area contributed by atoms with Crippen LogP contribution in [0.5, 0.6) is 0 Å². The van der Waals surface area contributed by atoms with Crippen molar-refractivity contribution in [2.75, 3.05) is 6.54 Å². The number of hydrogen-bond acceptors (Lipinski definition) is 6. The maximum Gasteiger partial charge on any atom is 0.258 e. The lowest BCUT2D eigenvalue weighted by Gasteiger charge is -2.41. The number of rotatable bonds is 16. The van der Waals surface area contributed by atoms with Gasteiger partial charge in [-0.1, -0.05) is 78.5 Å². The van der Waals surface area contributed by atoms with Gasteiger partial charge in [0.25, 0.3) is 5.91 Å². The average molecular weight is 684 g/mol. The predicted octanol–water partition coefficient (Wildman–Crippen LogP) is 5.64. The van der Waals surface area contributed by atoms with Crippen LogP contribution in [0.3, 0.4) is 0 Å². The van der Waals surface area contributed by atoms with Crippen LogP contribution >= 0.6 is 0 Å². The minimum Gasteiger partial charge on any atom is -0.413 e. The molecule has 11 heteroatoms. The summed E-state index contributed by atoms with van der Waals surface area (Å²) in [5.74, 6) is -2.01. The van der Waals surface area contributed by atoms with Crippen molar-refractivity contribution in [1.82, 2.24) is 26.4 Å². The molecule has 2 rings (SSSR count). The third kappa shape index (κ3) is 11.4. The molecule has 0 radical (unpaired) electrons. The number of benzene rings is 1. The Bertz CT molecular complexity index is 1290. The highest BCUT2D eigenvalue weighted by molar-refractivity contribution is 6.74. The Kier molecular flexibility index (Phi) is 15.3. The van der Waals surface area contributed by atoms with Crippen LogP contribution in [-0.2, 0) is 23.6 Å². The topological polar surface area (TPSA) is 129 Å². The molecule has 0 spiro atoms. The van der Waals surface area contributed by atoms with E-state index in [4.69, 9.17) is 4.43 Å². The van der Waals surface area contributed by atoms with Crippen molar-refractivity contribution in [3.05, 3.63) is 54.6 Å². The number of hydrogen-bond donors (Lipinski definition) is 4. The molecule has 1 aliphatic heterocycles. The van der Waals surface area contributed by atoms with Gasteiger partial charge in [-0.15, -0.1) is 6.58 Å². The van der Waals surface area contributed by atoms with E-state index in [9.17, 15) is 19.2 Å². The fraction of sp³-hybridized carbons (Fsp3) is 0.622. The molecular formula is C37H61N5O5Si. The Morgan fingerprint density at radius 3 is 2.29 bits per heavy atom. The third-order valence-corrected chi connectivity index (χ3v) is 14.1. The highest BCUT2D eigenvalue weighted by Crippen LogP contribution is 2.38. The van der Waals surface area contributed by atoms with Gasteiger partial charge in [0.2, 0.25) is 17.7 Å². The van der Waals surface area contributed by atoms with Crippen LogP contribution in [0.25, 0.3) is 6.08 Å². The van der Waals surface area contributed by atoms with E-state index in [-0.39, 0.29) is 40.8 Å². The zero-order valence-corrected chi connectivity index (χ0v) is 31.9. The molecular weight excluding hydrogens is 623 g/mol. The van der Waals surface area contributed by atoms with Gasteiger partial charge in [0.05, 0.1) is 18.1 Å². The first-order valence-corrected chi connectivity index (χ1v) is 20.2. The molecule has 6 atom stereocenters. The maximum atomic E-state index is 13.6. The van der Waals surface area contributed by atoms with Crippen LogP contribution in [0.4, 0.5) is 0 Å². The molecule has 0 unspecified atom stereocenters. The summed E-state index contributed by atoms with van der Waals surface area (Å²) in [4.78, 5) is 53.6. The zero-order valence-electron chi connectivity index (χ0n) is 30.9. The minimum atomic E-state index is -2.17. The first-order chi connectivity index (χ1) is 22.3. The molecule has 4 N–H and O–H groups in total. The smallest absolute Gasteiger partial charge is 0.258 e. The standard InChI is InChI=1S/C37H61N5O5Si/c1-13-15-21-31(47-48(11,12)37(8,9)10)25(5)33(43)40-32(24(3)4)35(45)39-27(7)36(46)42-22-17-20-30(41-42)34(44)38-26(6)29-19-16-18-28(14-2)23-29/h13-14,16,18-19,23-27,30-32,41H,1-2,15,17,20-22H2,3-12H3,(H,38,44)(H,39,45)(H,40,43)/t25-,26-,27+,30+,31-,32+/m1/s1. The highest BCUT2D eigenvalue weighted by atomic mass is 28.4. The lowest BCUT2D eigenvalue weighted by Crippen LogP contribution is -2.62. The van der Waals surface area contributed by atoms with Gasteiger partial charge < -0.3 is 20.4 Å². The summed E-state index contributed by atoms with van der Waals surface area (Å²) in [5.41, 5.74) is 4.98. The first-order valence-electron chi connectivity index (χ1n) is 17.3. The number of nitrogens with one attached hydrogen (secondary N) is 4. The Balaban J connectivity index is 2.04. The fourth-order valence-corrected chi connectivity index (χ4v) is 6.75. The average Bonchev–Trinajstić information content (AvgIpc) is 3.03. The summed E-state index contributed by atoms with van der Waals surface area (Å²) >= 11 is 0. The van der Waals surface area contributed by atoms with Crippen molar-refractivity contribution < 1.29 is 23.6 Å². The summed E-state index contributed by atoms with van der Waals surface area (Å²) in [6.07, 6.45) is 5.82. The van der Waals surface area contributed by atoms with Crippen molar-refractivity contribution in [3.63, 3.8) is 0 Å². The highest BCUT2D eigenvalue weighted by Gasteiger charge is 2.41. The van der Waals surface area contributed by atoms with Crippen molar-refractivity contribution >= 4 is 38.0 Å². The number of allylic oxidation sites excluding steroid dienone is 1. The first kappa shape index (κ1) is 40.9. The van der Waals surface area contributed by atoms with Gasteiger partial charge >= 0.3 is 0 Å². The van der Waals surface area contributed by atoms with E-state index in [2.05, 4.69) is 68.4 Å². The Morgan fingerprint density at radius 1 is 1.04 bits per heavy atom.